The predicted octanol–water partition coefficient (Wildman–Crippen LogP) is 4.27. The lowest BCUT2D eigenvalue weighted by Crippen LogP contribution is -2.06. The summed E-state index contributed by atoms with van der Waals surface area (Å²) in [6.45, 7) is 0. The third-order valence-electron chi connectivity index (χ3n) is 3.74. The molecule has 3 rings (SSSR count). The van der Waals surface area contributed by atoms with Gasteiger partial charge in [0.25, 0.3) is 0 Å². The topological polar surface area (TPSA) is 17.8 Å². The molecule has 1 aromatic rings. The van der Waals surface area contributed by atoms with Gasteiger partial charge in [0.2, 0.25) is 0 Å². The van der Waals surface area contributed by atoms with Gasteiger partial charge in [0.15, 0.2) is 0 Å². The Morgan fingerprint density at radius 2 is 1.88 bits per heavy atom. The summed E-state index contributed by atoms with van der Waals surface area (Å²) in [4.78, 5) is 0. The third-order valence-corrected chi connectivity index (χ3v) is 4.41. The minimum Gasteiger partial charge on any atom is -0.250 e. The van der Waals surface area contributed by atoms with Gasteiger partial charge >= 0.3 is 0 Å². The molecule has 0 unspecified atom stereocenters. The molecule has 2 nitrogen and oxygen atoms in total. The summed E-state index contributed by atoms with van der Waals surface area (Å²) in [6, 6.07) is 0.516. The van der Waals surface area contributed by atoms with Crippen LogP contribution in [-0.2, 0) is 5.88 Å². The molecule has 2 saturated carbocycles. The van der Waals surface area contributed by atoms with E-state index in [0.717, 1.165) is 10.7 Å². The maximum absolute atomic E-state index is 6.40. The summed E-state index contributed by atoms with van der Waals surface area (Å²) in [5, 5.41) is 5.52. The fourth-order valence-corrected chi connectivity index (χ4v) is 3.33. The van der Waals surface area contributed by atoms with Crippen molar-refractivity contribution in [1.82, 2.24) is 9.78 Å². The smallest absolute Gasteiger partial charge is 0.132 e. The number of hydrogen-bond acceptors (Lipinski definition) is 1. The van der Waals surface area contributed by atoms with Gasteiger partial charge in [-0.1, -0.05) is 24.4 Å². The van der Waals surface area contributed by atoms with Crippen LogP contribution in [0.3, 0.4) is 0 Å². The Balaban J connectivity index is 1.97. The second-order valence-corrected chi connectivity index (χ2v) is 5.57. The Morgan fingerprint density at radius 1 is 1.19 bits per heavy atom. The highest BCUT2D eigenvalue weighted by Gasteiger charge is 2.32. The lowest BCUT2D eigenvalue weighted by atomic mass is 10.2. The average Bonchev–Trinajstić information content (AvgIpc) is 2.88. The minimum atomic E-state index is 0.497. The number of hydrogen-bond donors (Lipinski definition) is 0. The number of rotatable bonds is 3. The summed E-state index contributed by atoms with van der Waals surface area (Å²) >= 11 is 12.4. The van der Waals surface area contributed by atoms with E-state index < -0.39 is 0 Å². The van der Waals surface area contributed by atoms with E-state index in [1.54, 1.807) is 0 Å². The molecule has 0 radical (unpaired) electrons. The van der Waals surface area contributed by atoms with Crippen molar-refractivity contribution in [2.45, 2.75) is 56.4 Å². The van der Waals surface area contributed by atoms with E-state index >= 15 is 0 Å². The summed E-state index contributed by atoms with van der Waals surface area (Å²) in [6.07, 6.45) is 7.54. The Bertz CT molecular complexity index is 390. The first kappa shape index (κ1) is 10.9. The first-order valence-corrected chi connectivity index (χ1v) is 7.05. The number of alkyl halides is 1. The number of nitrogens with zero attached hydrogens (tertiary/aromatic N) is 2. The highest BCUT2D eigenvalue weighted by molar-refractivity contribution is 6.31. The van der Waals surface area contributed by atoms with Gasteiger partial charge in [-0.05, 0) is 25.7 Å². The van der Waals surface area contributed by atoms with Crippen LogP contribution in [0.4, 0.5) is 0 Å². The zero-order chi connectivity index (χ0) is 11.1. The second-order valence-electron chi connectivity index (χ2n) is 4.95. The fourth-order valence-electron chi connectivity index (χ4n) is 2.66. The standard InChI is InChI=1S/C12H16Cl2N2/c13-7-10-11(8-5-6-8)15-16(12(10)14)9-3-1-2-4-9/h8-9H,1-7H2. The van der Waals surface area contributed by atoms with Crippen molar-refractivity contribution >= 4 is 23.2 Å². The van der Waals surface area contributed by atoms with Crippen LogP contribution >= 0.6 is 23.2 Å². The molecule has 2 aliphatic carbocycles. The van der Waals surface area contributed by atoms with E-state index in [1.165, 1.54) is 44.2 Å². The van der Waals surface area contributed by atoms with Gasteiger partial charge in [-0.2, -0.15) is 5.10 Å². The molecule has 16 heavy (non-hydrogen) atoms. The first-order chi connectivity index (χ1) is 7.81. The van der Waals surface area contributed by atoms with E-state index in [0.29, 0.717) is 17.8 Å². The first-order valence-electron chi connectivity index (χ1n) is 6.14. The zero-order valence-electron chi connectivity index (χ0n) is 9.25. The molecule has 0 saturated heterocycles. The molecule has 88 valence electrons. The zero-order valence-corrected chi connectivity index (χ0v) is 10.8. The van der Waals surface area contributed by atoms with Gasteiger partial charge in [-0.15, -0.1) is 11.6 Å². The van der Waals surface area contributed by atoms with E-state index in [4.69, 9.17) is 28.3 Å². The summed E-state index contributed by atoms with van der Waals surface area (Å²) < 4.78 is 2.04. The maximum atomic E-state index is 6.40. The van der Waals surface area contributed by atoms with E-state index in [2.05, 4.69) is 0 Å². The van der Waals surface area contributed by atoms with Gasteiger partial charge in [-0.25, -0.2) is 0 Å². The van der Waals surface area contributed by atoms with Crippen LogP contribution in [0.25, 0.3) is 0 Å². The molecule has 2 aliphatic rings. The quantitative estimate of drug-likeness (QED) is 0.741. The monoisotopic (exact) mass is 258 g/mol. The van der Waals surface area contributed by atoms with Crippen molar-refractivity contribution < 1.29 is 0 Å². The van der Waals surface area contributed by atoms with Crippen molar-refractivity contribution in [3.63, 3.8) is 0 Å². The molecule has 1 aromatic heterocycles. The molecule has 2 fully saturated rings. The van der Waals surface area contributed by atoms with E-state index in [9.17, 15) is 0 Å². The van der Waals surface area contributed by atoms with Crippen molar-refractivity contribution in [2.75, 3.05) is 0 Å². The van der Waals surface area contributed by atoms with Gasteiger partial charge in [-0.3, -0.25) is 4.68 Å². The molecular formula is C12H16Cl2N2. The normalized spacial score (nSPS) is 21.9. The van der Waals surface area contributed by atoms with Crippen LogP contribution in [0.2, 0.25) is 5.15 Å². The van der Waals surface area contributed by atoms with Crippen LogP contribution in [-0.4, -0.2) is 9.78 Å². The van der Waals surface area contributed by atoms with Crippen molar-refractivity contribution in [1.29, 1.82) is 0 Å². The van der Waals surface area contributed by atoms with Gasteiger partial charge in [0.05, 0.1) is 17.6 Å². The highest BCUT2D eigenvalue weighted by Crippen LogP contribution is 2.44. The Kier molecular flexibility index (Phi) is 2.88. The molecule has 0 aromatic carbocycles. The van der Waals surface area contributed by atoms with Crippen molar-refractivity contribution in [2.24, 2.45) is 0 Å². The highest BCUT2D eigenvalue weighted by atomic mass is 35.5. The van der Waals surface area contributed by atoms with Gasteiger partial charge in [0, 0.05) is 11.5 Å². The average molecular weight is 259 g/mol. The summed E-state index contributed by atoms with van der Waals surface area (Å²) in [5.41, 5.74) is 2.25. The predicted molar refractivity (Wildman–Crippen MR) is 66.3 cm³/mol. The molecule has 4 heteroatoms. The second kappa shape index (κ2) is 4.23. The fraction of sp³-hybridized carbons (Fsp3) is 0.750. The van der Waals surface area contributed by atoms with Gasteiger partial charge in [0.1, 0.15) is 5.15 Å². The molecular weight excluding hydrogens is 243 g/mol. The summed E-state index contributed by atoms with van der Waals surface area (Å²) in [5.74, 6) is 1.13. The largest absolute Gasteiger partial charge is 0.250 e. The lowest BCUT2D eigenvalue weighted by Gasteiger charge is -2.10. The maximum Gasteiger partial charge on any atom is 0.132 e. The Hall–Kier alpha value is -0.210. The third kappa shape index (κ3) is 1.76. The van der Waals surface area contributed by atoms with Gasteiger partial charge < -0.3 is 0 Å². The van der Waals surface area contributed by atoms with Crippen molar-refractivity contribution in [3.8, 4) is 0 Å². The minimum absolute atomic E-state index is 0.497. The molecule has 0 amide bonds. The van der Waals surface area contributed by atoms with Crippen LogP contribution in [0.15, 0.2) is 0 Å². The van der Waals surface area contributed by atoms with Crippen LogP contribution < -0.4 is 0 Å². The SMILES string of the molecule is ClCc1c(C2CC2)nn(C2CCCC2)c1Cl. The Labute approximate surface area is 106 Å². The van der Waals surface area contributed by atoms with Crippen molar-refractivity contribution in [3.05, 3.63) is 16.4 Å². The molecule has 0 N–H and O–H groups in total. The summed E-state index contributed by atoms with van der Waals surface area (Å²) in [7, 11) is 0. The molecule has 1 heterocycles. The Morgan fingerprint density at radius 3 is 2.44 bits per heavy atom. The van der Waals surface area contributed by atoms with Crippen LogP contribution in [0, 0.1) is 0 Å². The van der Waals surface area contributed by atoms with E-state index in [1.807, 2.05) is 4.68 Å². The lowest BCUT2D eigenvalue weighted by molar-refractivity contribution is 0.463. The molecule has 0 bridgehead atoms. The molecule has 0 spiro atoms. The van der Waals surface area contributed by atoms with Crippen LogP contribution in [0.1, 0.15) is 61.7 Å². The number of halogens is 2. The van der Waals surface area contributed by atoms with E-state index in [-0.39, 0.29) is 0 Å². The number of aromatic nitrogens is 2. The molecule has 0 aliphatic heterocycles. The molecule has 0 atom stereocenters. The van der Waals surface area contributed by atoms with Crippen LogP contribution in [0.5, 0.6) is 0 Å².